The molecule has 0 bridgehead atoms. The first kappa shape index (κ1) is 20.9. The van der Waals surface area contributed by atoms with Gasteiger partial charge in [0.1, 0.15) is 5.82 Å². The van der Waals surface area contributed by atoms with Gasteiger partial charge in [0.15, 0.2) is 0 Å². The predicted octanol–water partition coefficient (Wildman–Crippen LogP) is 3.12. The molecule has 0 atom stereocenters. The van der Waals surface area contributed by atoms with Gasteiger partial charge < -0.3 is 15.8 Å². The van der Waals surface area contributed by atoms with Gasteiger partial charge in [-0.2, -0.15) is 4.39 Å². The van der Waals surface area contributed by atoms with Crippen molar-refractivity contribution in [3.8, 4) is 22.3 Å². The average molecular weight is 436 g/mol. The quantitative estimate of drug-likeness (QED) is 0.364. The van der Waals surface area contributed by atoms with Crippen LogP contribution >= 0.6 is 0 Å². The number of nitro benzene ring substituents is 1. The summed E-state index contributed by atoms with van der Waals surface area (Å²) in [5.41, 5.74) is 7.54. The van der Waals surface area contributed by atoms with Crippen LogP contribution in [0.2, 0.25) is 0 Å². The number of carbonyl (C=O) groups excluding carboxylic acids is 2. The average Bonchev–Trinajstić information content (AvgIpc) is 2.79. The zero-order chi connectivity index (χ0) is 23.0. The number of anilines is 1. The van der Waals surface area contributed by atoms with Crippen molar-refractivity contribution in [1.82, 2.24) is 10.3 Å². The number of esters is 1. The molecule has 2 heterocycles. The summed E-state index contributed by atoms with van der Waals surface area (Å²) in [5, 5.41) is 14.1. The van der Waals surface area contributed by atoms with Crippen LogP contribution in [0.5, 0.6) is 0 Å². The van der Waals surface area contributed by atoms with E-state index in [1.165, 1.54) is 18.3 Å². The van der Waals surface area contributed by atoms with Crippen LogP contribution in [0, 0.1) is 15.9 Å². The summed E-state index contributed by atoms with van der Waals surface area (Å²) < 4.78 is 19.6. The van der Waals surface area contributed by atoms with Gasteiger partial charge in [0, 0.05) is 41.1 Å². The number of halogens is 1. The molecular weight excluding hydrogens is 419 g/mol. The molecule has 1 aliphatic heterocycles. The number of nitrogens with zero attached hydrogens (tertiary/aromatic N) is 2. The van der Waals surface area contributed by atoms with Crippen molar-refractivity contribution in [2.24, 2.45) is 0 Å². The Bertz CT molecular complexity index is 1290. The first-order valence-corrected chi connectivity index (χ1v) is 9.53. The molecule has 3 N–H and O–H groups in total. The lowest BCUT2D eigenvalue weighted by Gasteiger charge is -2.18. The zero-order valence-corrected chi connectivity index (χ0v) is 16.8. The highest BCUT2D eigenvalue weighted by Crippen LogP contribution is 2.35. The van der Waals surface area contributed by atoms with Crippen molar-refractivity contribution in [3.05, 3.63) is 75.2 Å². The Morgan fingerprint density at radius 1 is 1.19 bits per heavy atom. The molecule has 0 spiro atoms. The molecule has 2 aromatic carbocycles. The second-order valence-electron chi connectivity index (χ2n) is 7.14. The minimum atomic E-state index is -1.11. The van der Waals surface area contributed by atoms with Gasteiger partial charge in [-0.05, 0) is 35.7 Å². The van der Waals surface area contributed by atoms with Crippen molar-refractivity contribution in [3.63, 3.8) is 0 Å². The molecule has 162 valence electrons. The molecule has 1 aliphatic rings. The molecule has 0 saturated heterocycles. The lowest BCUT2D eigenvalue weighted by atomic mass is 9.93. The Morgan fingerprint density at radius 3 is 2.69 bits per heavy atom. The number of methoxy groups -OCH3 is 1. The van der Waals surface area contributed by atoms with Crippen LogP contribution in [0.25, 0.3) is 22.3 Å². The number of carbonyl (C=O) groups is 2. The largest absolute Gasteiger partial charge is 0.465 e. The molecule has 3 aromatic rings. The van der Waals surface area contributed by atoms with Crippen molar-refractivity contribution in [2.45, 2.75) is 6.42 Å². The number of hydrogen-bond acceptors (Lipinski definition) is 7. The van der Waals surface area contributed by atoms with Gasteiger partial charge >= 0.3 is 11.7 Å². The van der Waals surface area contributed by atoms with Crippen LogP contribution in [-0.4, -0.2) is 35.4 Å². The van der Waals surface area contributed by atoms with E-state index in [0.29, 0.717) is 29.7 Å². The lowest BCUT2D eigenvalue weighted by molar-refractivity contribution is -0.387. The highest BCUT2D eigenvalue weighted by molar-refractivity contribution is 5.97. The minimum Gasteiger partial charge on any atom is -0.465 e. The van der Waals surface area contributed by atoms with Crippen molar-refractivity contribution in [2.75, 3.05) is 19.4 Å². The standard InChI is InChI=1S/C22H17FN4O5/c1-32-22(29)13-7-16(19(23)18(9-13)27(30)31)14-8-17(20(24)26-10-14)11-2-3-15-12(6-11)4-5-25-21(15)28/h2-3,6-10H,4-5H2,1H3,(H2,24,26)(H,25,28). The molecule has 0 aliphatic carbocycles. The molecule has 1 amide bonds. The fraction of sp³-hybridized carbons (Fsp3) is 0.136. The van der Waals surface area contributed by atoms with Crippen LogP contribution in [0.1, 0.15) is 26.3 Å². The summed E-state index contributed by atoms with van der Waals surface area (Å²) in [4.78, 5) is 38.5. The maximum atomic E-state index is 15.0. The number of fused-ring (bicyclic) bond motifs is 1. The third kappa shape index (κ3) is 3.62. The van der Waals surface area contributed by atoms with E-state index in [9.17, 15) is 24.1 Å². The SMILES string of the molecule is COC(=O)c1cc(-c2cnc(N)c(-c3ccc4c(c3)CCNC4=O)c2)c(F)c([N+](=O)[O-])c1. The van der Waals surface area contributed by atoms with Crippen LogP contribution < -0.4 is 11.1 Å². The van der Waals surface area contributed by atoms with Crippen LogP contribution in [0.4, 0.5) is 15.9 Å². The van der Waals surface area contributed by atoms with E-state index in [1.54, 1.807) is 12.1 Å². The summed E-state index contributed by atoms with van der Waals surface area (Å²) in [6.07, 6.45) is 1.91. The molecule has 1 aromatic heterocycles. The van der Waals surface area contributed by atoms with Gasteiger partial charge in [-0.25, -0.2) is 9.78 Å². The van der Waals surface area contributed by atoms with E-state index in [-0.39, 0.29) is 28.4 Å². The molecule has 4 rings (SSSR count). The summed E-state index contributed by atoms with van der Waals surface area (Å²) in [7, 11) is 1.12. The van der Waals surface area contributed by atoms with E-state index in [4.69, 9.17) is 5.73 Å². The van der Waals surface area contributed by atoms with Gasteiger partial charge in [-0.15, -0.1) is 0 Å². The van der Waals surface area contributed by atoms with Gasteiger partial charge in [-0.1, -0.05) is 12.1 Å². The Hall–Kier alpha value is -4.34. The zero-order valence-electron chi connectivity index (χ0n) is 16.8. The van der Waals surface area contributed by atoms with Crippen molar-refractivity contribution in [1.29, 1.82) is 0 Å². The number of nitrogens with two attached hydrogens (primary N) is 1. The van der Waals surface area contributed by atoms with Gasteiger partial charge in [0.25, 0.3) is 5.91 Å². The van der Waals surface area contributed by atoms with Gasteiger partial charge in [-0.3, -0.25) is 14.9 Å². The molecule has 0 radical (unpaired) electrons. The fourth-order valence-electron chi connectivity index (χ4n) is 3.64. The second kappa shape index (κ2) is 8.06. The first-order valence-electron chi connectivity index (χ1n) is 9.53. The van der Waals surface area contributed by atoms with E-state index in [0.717, 1.165) is 18.7 Å². The Balaban J connectivity index is 1.87. The number of aromatic nitrogens is 1. The summed E-state index contributed by atoms with van der Waals surface area (Å²) in [5.74, 6) is -1.95. The minimum absolute atomic E-state index is 0.160. The van der Waals surface area contributed by atoms with Crippen molar-refractivity contribution < 1.29 is 23.6 Å². The Labute approximate surface area is 181 Å². The van der Waals surface area contributed by atoms with E-state index >= 15 is 0 Å². The molecular formula is C22H17FN4O5. The number of pyridine rings is 1. The predicted molar refractivity (Wildman–Crippen MR) is 114 cm³/mol. The maximum Gasteiger partial charge on any atom is 0.338 e. The molecule has 9 nitrogen and oxygen atoms in total. The Kier molecular flexibility index (Phi) is 5.27. The van der Waals surface area contributed by atoms with Crippen LogP contribution in [-0.2, 0) is 11.2 Å². The topological polar surface area (TPSA) is 137 Å². The number of hydrogen-bond donors (Lipinski definition) is 2. The lowest BCUT2D eigenvalue weighted by Crippen LogP contribution is -2.31. The fourth-order valence-corrected chi connectivity index (χ4v) is 3.64. The smallest absolute Gasteiger partial charge is 0.338 e. The maximum absolute atomic E-state index is 15.0. The number of nitrogen functional groups attached to an aromatic ring is 1. The highest BCUT2D eigenvalue weighted by Gasteiger charge is 2.24. The first-order chi connectivity index (χ1) is 15.3. The van der Waals surface area contributed by atoms with E-state index in [2.05, 4.69) is 15.0 Å². The van der Waals surface area contributed by atoms with Crippen LogP contribution in [0.3, 0.4) is 0 Å². The molecule has 32 heavy (non-hydrogen) atoms. The van der Waals surface area contributed by atoms with E-state index < -0.39 is 22.4 Å². The van der Waals surface area contributed by atoms with Crippen LogP contribution in [0.15, 0.2) is 42.6 Å². The number of nitro groups is 1. The second-order valence-corrected chi connectivity index (χ2v) is 7.14. The highest BCUT2D eigenvalue weighted by atomic mass is 19.1. The molecule has 0 fully saturated rings. The molecule has 10 heteroatoms. The molecule has 0 saturated carbocycles. The molecule has 0 unspecified atom stereocenters. The van der Waals surface area contributed by atoms with Gasteiger partial charge in [0.05, 0.1) is 17.6 Å². The third-order valence-electron chi connectivity index (χ3n) is 5.24. The number of nitrogens with one attached hydrogen (secondary N) is 1. The van der Waals surface area contributed by atoms with E-state index in [1.807, 2.05) is 6.07 Å². The summed E-state index contributed by atoms with van der Waals surface area (Å²) >= 11 is 0. The number of rotatable bonds is 4. The van der Waals surface area contributed by atoms with Crippen molar-refractivity contribution >= 4 is 23.4 Å². The number of amides is 1. The summed E-state index contributed by atoms with van der Waals surface area (Å²) in [6, 6.07) is 8.72. The Morgan fingerprint density at radius 2 is 1.97 bits per heavy atom. The normalized spacial score (nSPS) is 12.6. The number of ether oxygens (including phenoxy) is 1. The monoisotopic (exact) mass is 436 g/mol. The van der Waals surface area contributed by atoms with Gasteiger partial charge in [0.2, 0.25) is 5.82 Å². The third-order valence-corrected chi connectivity index (χ3v) is 5.24. The number of benzene rings is 2. The summed E-state index contributed by atoms with van der Waals surface area (Å²) in [6.45, 7) is 0.512.